The van der Waals surface area contributed by atoms with Gasteiger partial charge in [-0.2, -0.15) is 0 Å². The van der Waals surface area contributed by atoms with Crippen LogP contribution in [0.4, 0.5) is 5.69 Å². The second-order valence-electron chi connectivity index (χ2n) is 5.96. The molecule has 27 heavy (non-hydrogen) atoms. The number of hydrogen-bond donors (Lipinski definition) is 1. The summed E-state index contributed by atoms with van der Waals surface area (Å²) in [7, 11) is 0. The van der Waals surface area contributed by atoms with Crippen LogP contribution in [0.25, 0.3) is 5.76 Å². The third-order valence-electron chi connectivity index (χ3n) is 4.31. The van der Waals surface area contributed by atoms with Gasteiger partial charge < -0.3 is 10.0 Å². The summed E-state index contributed by atoms with van der Waals surface area (Å²) in [5.74, 6) is -1.95. The van der Waals surface area contributed by atoms with E-state index < -0.39 is 22.7 Å². The number of nitro groups is 1. The molecular weight excluding hydrogens is 348 g/mol. The van der Waals surface area contributed by atoms with Crippen molar-refractivity contribution in [2.24, 2.45) is 0 Å². The predicted molar refractivity (Wildman–Crippen MR) is 98.7 cm³/mol. The maximum Gasteiger partial charge on any atom is 0.295 e. The highest BCUT2D eigenvalue weighted by Crippen LogP contribution is 2.39. The van der Waals surface area contributed by atoms with Gasteiger partial charge in [0.15, 0.2) is 0 Å². The lowest BCUT2D eigenvalue weighted by molar-refractivity contribution is -0.384. The molecule has 1 saturated heterocycles. The van der Waals surface area contributed by atoms with Crippen molar-refractivity contribution in [1.82, 2.24) is 4.90 Å². The van der Waals surface area contributed by atoms with Gasteiger partial charge in [0, 0.05) is 24.2 Å². The summed E-state index contributed by atoms with van der Waals surface area (Å²) in [5, 5.41) is 21.8. The first-order chi connectivity index (χ1) is 13.0. The largest absolute Gasteiger partial charge is 0.507 e. The quantitative estimate of drug-likeness (QED) is 0.219. The van der Waals surface area contributed by atoms with E-state index in [0.29, 0.717) is 11.1 Å². The van der Waals surface area contributed by atoms with Gasteiger partial charge in [-0.05, 0) is 5.56 Å². The molecule has 0 spiro atoms. The van der Waals surface area contributed by atoms with Gasteiger partial charge in [0.05, 0.1) is 16.5 Å². The lowest BCUT2D eigenvalue weighted by Crippen LogP contribution is -2.29. The first-order valence-electron chi connectivity index (χ1n) is 8.14. The fourth-order valence-corrected chi connectivity index (χ4v) is 3.11. The molecular formula is C20H16N2O5. The molecule has 2 aromatic carbocycles. The molecule has 0 radical (unpaired) electrons. The number of nitro benzene ring substituents is 1. The summed E-state index contributed by atoms with van der Waals surface area (Å²) in [6.45, 7) is 3.65. The van der Waals surface area contributed by atoms with Gasteiger partial charge in [0.25, 0.3) is 17.4 Å². The Hall–Kier alpha value is -3.74. The molecule has 1 amide bonds. The number of aliphatic hydroxyl groups excluding tert-OH is 1. The Kier molecular flexibility index (Phi) is 4.85. The van der Waals surface area contributed by atoms with Crippen LogP contribution in [-0.4, -0.2) is 33.2 Å². The Morgan fingerprint density at radius 1 is 1.19 bits per heavy atom. The highest BCUT2D eigenvalue weighted by atomic mass is 16.6. The molecule has 1 aliphatic rings. The summed E-state index contributed by atoms with van der Waals surface area (Å²) in [5.41, 5.74) is 0.470. The van der Waals surface area contributed by atoms with Crippen LogP contribution in [0.3, 0.4) is 0 Å². The van der Waals surface area contributed by atoms with Crippen molar-refractivity contribution in [3.05, 3.63) is 94.1 Å². The lowest BCUT2D eigenvalue weighted by Gasteiger charge is -2.23. The van der Waals surface area contributed by atoms with Crippen LogP contribution < -0.4 is 0 Å². The van der Waals surface area contributed by atoms with E-state index in [4.69, 9.17) is 0 Å². The second kappa shape index (κ2) is 7.25. The van der Waals surface area contributed by atoms with Crippen LogP contribution in [0.15, 0.2) is 72.8 Å². The highest BCUT2D eigenvalue weighted by molar-refractivity contribution is 6.46. The molecule has 1 atom stereocenters. The van der Waals surface area contributed by atoms with E-state index in [-0.39, 0.29) is 23.6 Å². The molecule has 1 heterocycles. The van der Waals surface area contributed by atoms with Crippen LogP contribution in [0.1, 0.15) is 17.2 Å². The smallest absolute Gasteiger partial charge is 0.295 e. The first kappa shape index (κ1) is 18.1. The maximum absolute atomic E-state index is 12.6. The van der Waals surface area contributed by atoms with Gasteiger partial charge in [-0.15, -0.1) is 6.58 Å². The van der Waals surface area contributed by atoms with Crippen molar-refractivity contribution < 1.29 is 19.6 Å². The molecule has 3 rings (SSSR count). The fourth-order valence-electron chi connectivity index (χ4n) is 3.11. The molecule has 2 aromatic rings. The lowest BCUT2D eigenvalue weighted by atomic mass is 9.95. The van der Waals surface area contributed by atoms with Crippen LogP contribution in [0.2, 0.25) is 0 Å². The highest BCUT2D eigenvalue weighted by Gasteiger charge is 2.45. The van der Waals surface area contributed by atoms with Gasteiger partial charge >= 0.3 is 0 Å². The number of non-ortho nitro benzene ring substituents is 1. The third-order valence-corrected chi connectivity index (χ3v) is 4.31. The van der Waals surface area contributed by atoms with E-state index in [1.165, 1.54) is 29.2 Å². The summed E-state index contributed by atoms with van der Waals surface area (Å²) in [4.78, 5) is 36.9. The summed E-state index contributed by atoms with van der Waals surface area (Å²) in [6, 6.07) is 13.1. The molecule has 7 nitrogen and oxygen atoms in total. The van der Waals surface area contributed by atoms with E-state index in [9.17, 15) is 24.8 Å². The number of benzene rings is 2. The van der Waals surface area contributed by atoms with Gasteiger partial charge in [-0.3, -0.25) is 19.7 Å². The number of carbonyl (C=O) groups is 2. The standard InChI is InChI=1S/C20H16N2O5/c1-2-11-21-17(14-9-6-10-15(12-14)22(26)27)16(19(24)20(21)25)18(23)13-7-4-3-5-8-13/h2-10,12,17,23H,1,11H2/t17-/m1/s1. The van der Waals surface area contributed by atoms with Gasteiger partial charge in [0.2, 0.25) is 0 Å². The number of ketones is 1. The van der Waals surface area contributed by atoms with Gasteiger partial charge in [-0.1, -0.05) is 48.5 Å². The molecule has 1 N–H and O–H groups in total. The van der Waals surface area contributed by atoms with Crippen LogP contribution in [0.5, 0.6) is 0 Å². The SMILES string of the molecule is C=CCN1C(=O)C(=O)C(=C(O)c2ccccc2)[C@H]1c1cccc([N+](=O)[O-])c1. The summed E-state index contributed by atoms with van der Waals surface area (Å²) < 4.78 is 0. The number of rotatable bonds is 5. The van der Waals surface area contributed by atoms with Crippen LogP contribution >= 0.6 is 0 Å². The average molecular weight is 364 g/mol. The number of nitrogens with zero attached hydrogens (tertiary/aromatic N) is 2. The van der Waals surface area contributed by atoms with Crippen molar-refractivity contribution >= 4 is 23.1 Å². The summed E-state index contributed by atoms with van der Waals surface area (Å²) >= 11 is 0. The van der Waals surface area contributed by atoms with Crippen molar-refractivity contribution in [3.63, 3.8) is 0 Å². The molecule has 0 bridgehead atoms. The fraction of sp³-hybridized carbons (Fsp3) is 0.100. The van der Waals surface area contributed by atoms with Crippen molar-refractivity contribution in [1.29, 1.82) is 0 Å². The van der Waals surface area contributed by atoms with E-state index in [1.54, 1.807) is 36.4 Å². The third kappa shape index (κ3) is 3.22. The number of carbonyl (C=O) groups excluding carboxylic acids is 2. The van der Waals surface area contributed by atoms with Crippen molar-refractivity contribution in [3.8, 4) is 0 Å². The van der Waals surface area contributed by atoms with Crippen molar-refractivity contribution in [2.75, 3.05) is 6.54 Å². The van der Waals surface area contributed by atoms with E-state index in [0.717, 1.165) is 0 Å². The number of likely N-dealkylation sites (tertiary alicyclic amines) is 1. The molecule has 1 aliphatic heterocycles. The molecule has 0 aromatic heterocycles. The minimum Gasteiger partial charge on any atom is -0.507 e. The number of hydrogen-bond acceptors (Lipinski definition) is 5. The Labute approximate surface area is 155 Å². The predicted octanol–water partition coefficient (Wildman–Crippen LogP) is 3.20. The maximum atomic E-state index is 12.6. The number of aliphatic hydroxyl groups is 1. The van der Waals surface area contributed by atoms with Gasteiger partial charge in [0.1, 0.15) is 5.76 Å². The minimum absolute atomic E-state index is 0.0590. The van der Waals surface area contributed by atoms with Crippen LogP contribution in [0, 0.1) is 10.1 Å². The molecule has 0 aliphatic carbocycles. The second-order valence-corrected chi connectivity index (χ2v) is 5.96. The Morgan fingerprint density at radius 2 is 1.89 bits per heavy atom. The van der Waals surface area contributed by atoms with Crippen molar-refractivity contribution in [2.45, 2.75) is 6.04 Å². The zero-order valence-corrected chi connectivity index (χ0v) is 14.2. The minimum atomic E-state index is -0.942. The van der Waals surface area contributed by atoms with Crippen LogP contribution in [-0.2, 0) is 9.59 Å². The Balaban J connectivity index is 2.22. The Morgan fingerprint density at radius 3 is 2.52 bits per heavy atom. The zero-order chi connectivity index (χ0) is 19.6. The van der Waals surface area contributed by atoms with E-state index >= 15 is 0 Å². The summed E-state index contributed by atoms with van der Waals surface area (Å²) in [6.07, 6.45) is 1.46. The van der Waals surface area contributed by atoms with E-state index in [2.05, 4.69) is 6.58 Å². The number of Topliss-reactive ketones (excluding diaryl/α,β-unsaturated/α-hetero) is 1. The molecule has 7 heteroatoms. The first-order valence-corrected chi connectivity index (χ1v) is 8.14. The number of amides is 1. The molecule has 0 unspecified atom stereocenters. The zero-order valence-electron chi connectivity index (χ0n) is 14.2. The topological polar surface area (TPSA) is 101 Å². The van der Waals surface area contributed by atoms with E-state index in [1.807, 2.05) is 0 Å². The Bertz CT molecular complexity index is 965. The molecule has 136 valence electrons. The monoisotopic (exact) mass is 364 g/mol. The normalized spacial score (nSPS) is 18.5. The van der Waals surface area contributed by atoms with Gasteiger partial charge in [-0.25, -0.2) is 0 Å². The molecule has 1 fully saturated rings. The molecule has 0 saturated carbocycles. The average Bonchev–Trinajstić information content (AvgIpc) is 2.93.